The molecule has 0 heterocycles. The van der Waals surface area contributed by atoms with Crippen molar-refractivity contribution >= 4 is 5.69 Å². The molecule has 0 aromatic heterocycles. The monoisotopic (exact) mass is 295 g/mol. The van der Waals surface area contributed by atoms with E-state index < -0.39 is 34.1 Å². The summed E-state index contributed by atoms with van der Waals surface area (Å²) < 4.78 is 32.5. The normalized spacial score (nSPS) is 12.0. The Hall–Kier alpha value is -2.54. The molecule has 2 aromatic carbocycles. The Kier molecular flexibility index (Phi) is 4.13. The third-order valence-corrected chi connectivity index (χ3v) is 2.79. The zero-order valence-corrected chi connectivity index (χ0v) is 10.9. The van der Waals surface area contributed by atoms with Gasteiger partial charge in [-0.15, -0.1) is 0 Å². The molecule has 0 bridgehead atoms. The van der Waals surface area contributed by atoms with Crippen molar-refractivity contribution in [1.29, 1.82) is 0 Å². The molecule has 0 fully saturated rings. The van der Waals surface area contributed by atoms with E-state index in [1.54, 1.807) is 18.2 Å². The average Bonchev–Trinajstić information content (AvgIpc) is 2.42. The van der Waals surface area contributed by atoms with Crippen LogP contribution in [0.1, 0.15) is 18.6 Å². The van der Waals surface area contributed by atoms with Crippen LogP contribution in [0.4, 0.5) is 14.5 Å². The summed E-state index contributed by atoms with van der Waals surface area (Å²) in [4.78, 5) is 9.49. The smallest absolute Gasteiger partial charge is 0.307 e. The molecular formula is C14H11F2NO4. The van der Waals surface area contributed by atoms with Crippen molar-refractivity contribution < 1.29 is 23.5 Å². The van der Waals surface area contributed by atoms with E-state index in [0.717, 1.165) is 0 Å². The molecule has 2 rings (SSSR count). The molecule has 0 spiro atoms. The van der Waals surface area contributed by atoms with Crippen LogP contribution >= 0.6 is 0 Å². The molecule has 1 N–H and O–H groups in total. The number of benzene rings is 2. The van der Waals surface area contributed by atoms with Gasteiger partial charge < -0.3 is 9.84 Å². The van der Waals surface area contributed by atoms with Gasteiger partial charge in [-0.3, -0.25) is 10.1 Å². The highest BCUT2D eigenvalue weighted by atomic mass is 19.1. The number of ether oxygens (including phenoxy) is 1. The van der Waals surface area contributed by atoms with Crippen LogP contribution in [0.3, 0.4) is 0 Å². The van der Waals surface area contributed by atoms with Crippen molar-refractivity contribution in [2.45, 2.75) is 13.0 Å². The fourth-order valence-corrected chi connectivity index (χ4v) is 1.77. The van der Waals surface area contributed by atoms with Crippen molar-refractivity contribution in [3.63, 3.8) is 0 Å². The number of halogens is 2. The number of nitro groups is 1. The molecule has 21 heavy (non-hydrogen) atoms. The third-order valence-electron chi connectivity index (χ3n) is 2.79. The van der Waals surface area contributed by atoms with Crippen LogP contribution in [0.2, 0.25) is 0 Å². The second-order valence-electron chi connectivity index (χ2n) is 4.31. The van der Waals surface area contributed by atoms with Crippen LogP contribution in [-0.4, -0.2) is 10.0 Å². The van der Waals surface area contributed by atoms with Crippen LogP contribution in [0.15, 0.2) is 36.4 Å². The molecule has 0 amide bonds. The molecular weight excluding hydrogens is 284 g/mol. The van der Waals surface area contributed by atoms with Crippen molar-refractivity contribution in [3.8, 4) is 11.5 Å². The number of nitro benzene ring substituents is 1. The maximum atomic E-state index is 13.8. The Balaban J connectivity index is 2.41. The minimum absolute atomic E-state index is 0.139. The molecule has 0 saturated heterocycles. The Morgan fingerprint density at radius 3 is 2.48 bits per heavy atom. The maximum Gasteiger partial charge on any atom is 0.307 e. The van der Waals surface area contributed by atoms with Gasteiger partial charge in [0.05, 0.1) is 17.1 Å². The van der Waals surface area contributed by atoms with Crippen LogP contribution < -0.4 is 4.74 Å². The molecule has 0 aliphatic heterocycles. The number of para-hydroxylation sites is 1. The van der Waals surface area contributed by atoms with Crippen molar-refractivity contribution in [3.05, 3.63) is 63.7 Å². The first kappa shape index (κ1) is 14.9. The second kappa shape index (κ2) is 5.84. The van der Waals surface area contributed by atoms with Gasteiger partial charge in [-0.1, -0.05) is 18.2 Å². The lowest BCUT2D eigenvalue weighted by Gasteiger charge is -2.13. The summed E-state index contributed by atoms with van der Waals surface area (Å²) in [6, 6.07) is 7.35. The number of hydrogen-bond acceptors (Lipinski definition) is 4. The van der Waals surface area contributed by atoms with E-state index in [9.17, 15) is 24.0 Å². The Bertz CT molecular complexity index is 689. The quantitative estimate of drug-likeness (QED) is 0.689. The molecule has 2 aromatic rings. The Morgan fingerprint density at radius 2 is 1.86 bits per heavy atom. The molecule has 0 saturated carbocycles. The predicted molar refractivity (Wildman–Crippen MR) is 70.2 cm³/mol. The molecule has 0 aliphatic carbocycles. The first-order valence-corrected chi connectivity index (χ1v) is 5.98. The van der Waals surface area contributed by atoms with Gasteiger partial charge in [0.25, 0.3) is 0 Å². The van der Waals surface area contributed by atoms with Crippen LogP contribution in [0.25, 0.3) is 0 Å². The van der Waals surface area contributed by atoms with E-state index >= 15 is 0 Å². The number of aliphatic hydroxyl groups is 1. The van der Waals surface area contributed by atoms with Crippen LogP contribution in [-0.2, 0) is 0 Å². The number of aliphatic hydroxyl groups excluding tert-OH is 1. The van der Waals surface area contributed by atoms with E-state index in [1.165, 1.54) is 13.0 Å². The molecule has 0 aliphatic rings. The van der Waals surface area contributed by atoms with E-state index in [4.69, 9.17) is 4.74 Å². The van der Waals surface area contributed by atoms with E-state index in [2.05, 4.69) is 0 Å². The van der Waals surface area contributed by atoms with E-state index in [0.29, 0.717) is 17.7 Å². The van der Waals surface area contributed by atoms with Gasteiger partial charge in [-0.25, -0.2) is 4.39 Å². The fourth-order valence-electron chi connectivity index (χ4n) is 1.77. The second-order valence-corrected chi connectivity index (χ2v) is 4.31. The Labute approximate surface area is 118 Å². The molecule has 1 atom stereocenters. The molecule has 5 nitrogen and oxygen atoms in total. The first-order valence-electron chi connectivity index (χ1n) is 5.98. The van der Waals surface area contributed by atoms with Gasteiger partial charge in [0.1, 0.15) is 5.75 Å². The minimum atomic E-state index is -1.20. The van der Waals surface area contributed by atoms with Gasteiger partial charge in [0.15, 0.2) is 11.6 Å². The summed E-state index contributed by atoms with van der Waals surface area (Å²) in [6.07, 6.45) is -0.868. The molecule has 1 unspecified atom stereocenters. The van der Waals surface area contributed by atoms with E-state index in [-0.39, 0.29) is 5.75 Å². The molecule has 7 heteroatoms. The summed E-state index contributed by atoms with van der Waals surface area (Å²) >= 11 is 0. The largest absolute Gasteiger partial charge is 0.454 e. The zero-order chi connectivity index (χ0) is 15.6. The van der Waals surface area contributed by atoms with Gasteiger partial charge >= 0.3 is 5.69 Å². The van der Waals surface area contributed by atoms with Gasteiger partial charge in [0.2, 0.25) is 5.82 Å². The summed E-state index contributed by atoms with van der Waals surface area (Å²) in [5.41, 5.74) is -0.584. The number of rotatable bonds is 4. The van der Waals surface area contributed by atoms with Crippen molar-refractivity contribution in [2.24, 2.45) is 0 Å². The highest BCUT2D eigenvalue weighted by Crippen LogP contribution is 2.33. The topological polar surface area (TPSA) is 72.6 Å². The van der Waals surface area contributed by atoms with Crippen molar-refractivity contribution in [2.75, 3.05) is 0 Å². The minimum Gasteiger partial charge on any atom is -0.454 e. The summed E-state index contributed by atoms with van der Waals surface area (Å²) in [6.45, 7) is 1.50. The summed E-state index contributed by atoms with van der Waals surface area (Å²) in [5, 5.41) is 20.1. The van der Waals surface area contributed by atoms with Gasteiger partial charge in [-0.05, 0) is 13.0 Å². The lowest BCUT2D eigenvalue weighted by Crippen LogP contribution is -1.99. The fraction of sp³-hybridized carbons (Fsp3) is 0.143. The number of nitrogens with zero attached hydrogens (tertiary/aromatic N) is 1. The van der Waals surface area contributed by atoms with Gasteiger partial charge in [-0.2, -0.15) is 4.39 Å². The van der Waals surface area contributed by atoms with Crippen LogP contribution in [0, 0.1) is 21.7 Å². The number of hydrogen-bond donors (Lipinski definition) is 1. The highest BCUT2D eigenvalue weighted by molar-refractivity contribution is 5.43. The molecule has 0 radical (unpaired) electrons. The van der Waals surface area contributed by atoms with Gasteiger partial charge in [0, 0.05) is 11.6 Å². The lowest BCUT2D eigenvalue weighted by atomic mass is 10.1. The standard InChI is InChI=1S/C14H11F2NO4/c1-8(18)9-4-2-3-5-13(9)21-14-7-10(15)12(17(19)20)6-11(14)16/h2-8,18H,1H3. The SMILES string of the molecule is CC(O)c1ccccc1Oc1cc(F)c([N+](=O)[O-])cc1F. The third kappa shape index (κ3) is 3.14. The molecule has 110 valence electrons. The maximum absolute atomic E-state index is 13.8. The first-order chi connectivity index (χ1) is 9.90. The zero-order valence-electron chi connectivity index (χ0n) is 10.9. The summed E-state index contributed by atoms with van der Waals surface area (Å²) in [5.74, 6) is -2.62. The highest BCUT2D eigenvalue weighted by Gasteiger charge is 2.20. The Morgan fingerprint density at radius 1 is 1.19 bits per heavy atom. The lowest BCUT2D eigenvalue weighted by molar-refractivity contribution is -0.387. The van der Waals surface area contributed by atoms with Crippen molar-refractivity contribution in [1.82, 2.24) is 0 Å². The van der Waals surface area contributed by atoms with Crippen LogP contribution in [0.5, 0.6) is 11.5 Å². The summed E-state index contributed by atoms with van der Waals surface area (Å²) in [7, 11) is 0. The van der Waals surface area contributed by atoms with E-state index in [1.807, 2.05) is 0 Å². The predicted octanol–water partition coefficient (Wildman–Crippen LogP) is 3.72. The average molecular weight is 295 g/mol.